The number of nitrogens with zero attached hydrogens (tertiary/aromatic N) is 1. The summed E-state index contributed by atoms with van der Waals surface area (Å²) in [6.45, 7) is 4.21. The molecule has 0 spiro atoms. The van der Waals surface area contributed by atoms with Crippen LogP contribution in [0.25, 0.3) is 11.1 Å². The van der Waals surface area contributed by atoms with E-state index in [4.69, 9.17) is 4.74 Å². The Kier molecular flexibility index (Phi) is 8.16. The molecule has 0 saturated carbocycles. The first-order chi connectivity index (χ1) is 19.3. The molecule has 1 aliphatic carbocycles. The molecule has 1 heterocycles. The van der Waals surface area contributed by atoms with Crippen molar-refractivity contribution in [3.63, 3.8) is 0 Å². The number of hydrogen-bond donors (Lipinski definition) is 3. The van der Waals surface area contributed by atoms with Crippen molar-refractivity contribution in [2.45, 2.75) is 50.2 Å². The molecule has 3 aromatic carbocycles. The van der Waals surface area contributed by atoms with Crippen LogP contribution >= 0.6 is 0 Å². The van der Waals surface area contributed by atoms with Gasteiger partial charge in [0, 0.05) is 24.5 Å². The first-order valence-electron chi connectivity index (χ1n) is 13.7. The van der Waals surface area contributed by atoms with E-state index in [1.165, 1.54) is 5.56 Å². The van der Waals surface area contributed by atoms with E-state index in [1.54, 1.807) is 0 Å². The summed E-state index contributed by atoms with van der Waals surface area (Å²) in [5.41, 5.74) is 5.28. The van der Waals surface area contributed by atoms with E-state index in [1.807, 2.05) is 66.7 Å². The molecule has 0 bridgehead atoms. The highest BCUT2D eigenvalue weighted by Crippen LogP contribution is 2.44. The van der Waals surface area contributed by atoms with E-state index in [0.717, 1.165) is 48.2 Å². The molecular weight excluding hydrogens is 506 g/mol. The van der Waals surface area contributed by atoms with Gasteiger partial charge in [0.2, 0.25) is 5.91 Å². The average molecular weight is 542 g/mol. The van der Waals surface area contributed by atoms with Gasteiger partial charge in [0.25, 0.3) is 0 Å². The molecule has 0 aromatic heterocycles. The Labute approximate surface area is 234 Å². The number of carboxylic acids is 1. The number of ether oxygens (including phenoxy) is 1. The Balaban J connectivity index is 1.19. The molecule has 1 saturated heterocycles. The summed E-state index contributed by atoms with van der Waals surface area (Å²) >= 11 is 0. The summed E-state index contributed by atoms with van der Waals surface area (Å²) in [6.07, 6.45) is 0.556. The highest BCUT2D eigenvalue weighted by atomic mass is 16.5. The number of carbonyl (C=O) groups is 3. The van der Waals surface area contributed by atoms with Crippen molar-refractivity contribution in [1.82, 2.24) is 15.5 Å². The van der Waals surface area contributed by atoms with Crippen LogP contribution in [-0.2, 0) is 20.9 Å². The maximum Gasteiger partial charge on any atom is 0.407 e. The van der Waals surface area contributed by atoms with Crippen LogP contribution < -0.4 is 10.6 Å². The zero-order chi connectivity index (χ0) is 28.1. The molecule has 208 valence electrons. The van der Waals surface area contributed by atoms with Gasteiger partial charge in [-0.3, -0.25) is 14.5 Å². The molecule has 3 aromatic rings. The van der Waals surface area contributed by atoms with E-state index in [0.29, 0.717) is 6.54 Å². The first kappa shape index (κ1) is 27.4. The van der Waals surface area contributed by atoms with E-state index in [9.17, 15) is 19.5 Å². The topological polar surface area (TPSA) is 108 Å². The number of hydrogen-bond acceptors (Lipinski definition) is 5. The number of carbonyl (C=O) groups excluding carboxylic acids is 2. The van der Waals surface area contributed by atoms with Gasteiger partial charge in [0.05, 0.1) is 6.42 Å². The molecule has 40 heavy (non-hydrogen) atoms. The molecule has 8 nitrogen and oxygen atoms in total. The third kappa shape index (κ3) is 6.02. The van der Waals surface area contributed by atoms with Crippen molar-refractivity contribution in [1.29, 1.82) is 0 Å². The largest absolute Gasteiger partial charge is 0.481 e. The number of nitrogens with one attached hydrogen (secondary N) is 2. The summed E-state index contributed by atoms with van der Waals surface area (Å²) in [5.74, 6) is -1.86. The fourth-order valence-corrected chi connectivity index (χ4v) is 5.92. The summed E-state index contributed by atoms with van der Waals surface area (Å²) in [6, 6.07) is 24.9. The molecule has 2 amide bonds. The Morgan fingerprint density at radius 3 is 2.25 bits per heavy atom. The number of amides is 2. The van der Waals surface area contributed by atoms with E-state index >= 15 is 0 Å². The predicted molar refractivity (Wildman–Crippen MR) is 152 cm³/mol. The van der Waals surface area contributed by atoms with Gasteiger partial charge in [-0.1, -0.05) is 78.9 Å². The minimum absolute atomic E-state index is 0.0772. The second-order valence-corrected chi connectivity index (χ2v) is 10.8. The van der Waals surface area contributed by atoms with E-state index < -0.39 is 30.4 Å². The number of benzene rings is 3. The van der Waals surface area contributed by atoms with Crippen LogP contribution in [0.1, 0.15) is 48.8 Å². The van der Waals surface area contributed by atoms with Crippen molar-refractivity contribution >= 4 is 18.0 Å². The van der Waals surface area contributed by atoms with Gasteiger partial charge < -0.3 is 20.5 Å². The summed E-state index contributed by atoms with van der Waals surface area (Å²) in [4.78, 5) is 39.8. The molecule has 2 aliphatic rings. The van der Waals surface area contributed by atoms with Gasteiger partial charge in [-0.2, -0.15) is 0 Å². The Morgan fingerprint density at radius 2 is 1.60 bits per heavy atom. The van der Waals surface area contributed by atoms with Crippen molar-refractivity contribution in [2.24, 2.45) is 0 Å². The van der Waals surface area contributed by atoms with Gasteiger partial charge in [-0.05, 0) is 54.1 Å². The third-order valence-electron chi connectivity index (χ3n) is 8.10. The molecule has 5 rings (SSSR count). The van der Waals surface area contributed by atoms with Crippen molar-refractivity contribution in [2.75, 3.05) is 19.7 Å². The summed E-state index contributed by atoms with van der Waals surface area (Å²) in [7, 11) is 0. The third-order valence-corrected chi connectivity index (χ3v) is 8.10. The second kappa shape index (κ2) is 11.9. The Hall–Kier alpha value is -4.17. The molecule has 1 aliphatic heterocycles. The number of likely N-dealkylation sites (tertiary alicyclic amines) is 1. The van der Waals surface area contributed by atoms with Crippen molar-refractivity contribution < 1.29 is 24.2 Å². The maximum atomic E-state index is 13.1. The summed E-state index contributed by atoms with van der Waals surface area (Å²) in [5, 5.41) is 14.8. The average Bonchev–Trinajstić information content (AvgIpc) is 3.48. The second-order valence-electron chi connectivity index (χ2n) is 10.8. The SMILES string of the molecule is CC1(CNC(=O)C(CC(=O)O)NC(=O)OCC2c3ccccc3-c3ccccc32)CCCN1Cc1ccccc1. The van der Waals surface area contributed by atoms with Crippen LogP contribution in [0.3, 0.4) is 0 Å². The van der Waals surface area contributed by atoms with Crippen LogP contribution in [0.2, 0.25) is 0 Å². The highest BCUT2D eigenvalue weighted by Gasteiger charge is 2.37. The summed E-state index contributed by atoms with van der Waals surface area (Å²) < 4.78 is 5.55. The molecule has 3 N–H and O–H groups in total. The van der Waals surface area contributed by atoms with Crippen molar-refractivity contribution in [3.8, 4) is 11.1 Å². The number of fused-ring (bicyclic) bond motifs is 3. The lowest BCUT2D eigenvalue weighted by molar-refractivity contribution is -0.139. The normalized spacial score (nSPS) is 18.9. The number of aliphatic carboxylic acids is 1. The van der Waals surface area contributed by atoms with Crippen molar-refractivity contribution in [3.05, 3.63) is 95.6 Å². The van der Waals surface area contributed by atoms with Crippen LogP contribution in [0.4, 0.5) is 4.79 Å². The number of carboxylic acid groups (broad SMARTS) is 1. The predicted octanol–water partition coefficient (Wildman–Crippen LogP) is 4.54. The number of alkyl carbamates (subject to hydrolysis) is 1. The van der Waals surface area contributed by atoms with Gasteiger partial charge in [-0.25, -0.2) is 4.79 Å². The highest BCUT2D eigenvalue weighted by molar-refractivity contribution is 5.89. The van der Waals surface area contributed by atoms with Gasteiger partial charge >= 0.3 is 12.1 Å². The van der Waals surface area contributed by atoms with Gasteiger partial charge in [-0.15, -0.1) is 0 Å². The lowest BCUT2D eigenvalue weighted by atomic mass is 9.98. The molecule has 2 atom stereocenters. The standard InChI is InChI=1S/C32H35N3O5/c1-32(16-9-17-35(32)19-22-10-3-2-4-11-22)21-33-30(38)28(18-29(36)37)34-31(39)40-20-27-25-14-7-5-12-23(25)24-13-6-8-15-26(24)27/h2-8,10-15,27-28H,9,16-21H2,1H3,(H,33,38)(H,34,39)(H,36,37). The van der Waals surface area contributed by atoms with Crippen LogP contribution in [-0.4, -0.2) is 59.3 Å². The molecule has 1 fully saturated rings. The molecule has 0 radical (unpaired) electrons. The van der Waals surface area contributed by atoms with E-state index in [2.05, 4.69) is 34.6 Å². The van der Waals surface area contributed by atoms with Crippen LogP contribution in [0.5, 0.6) is 0 Å². The number of rotatable bonds is 10. The van der Waals surface area contributed by atoms with E-state index in [-0.39, 0.29) is 18.1 Å². The zero-order valence-corrected chi connectivity index (χ0v) is 22.6. The molecular formula is C32H35N3O5. The lowest BCUT2D eigenvalue weighted by Gasteiger charge is -2.36. The van der Waals surface area contributed by atoms with Crippen LogP contribution in [0, 0.1) is 0 Å². The lowest BCUT2D eigenvalue weighted by Crippen LogP contribution is -2.54. The smallest absolute Gasteiger partial charge is 0.407 e. The minimum Gasteiger partial charge on any atom is -0.481 e. The van der Waals surface area contributed by atoms with Gasteiger partial charge in [0.1, 0.15) is 12.6 Å². The molecule has 8 heteroatoms. The fourth-order valence-electron chi connectivity index (χ4n) is 5.92. The van der Waals surface area contributed by atoms with Crippen LogP contribution in [0.15, 0.2) is 78.9 Å². The quantitative estimate of drug-likeness (QED) is 0.348. The molecule has 2 unspecified atom stereocenters. The zero-order valence-electron chi connectivity index (χ0n) is 22.6. The maximum absolute atomic E-state index is 13.1. The minimum atomic E-state index is -1.25. The first-order valence-corrected chi connectivity index (χ1v) is 13.7. The Morgan fingerprint density at radius 1 is 0.975 bits per heavy atom. The van der Waals surface area contributed by atoms with Gasteiger partial charge in [0.15, 0.2) is 0 Å². The monoisotopic (exact) mass is 541 g/mol. The Bertz CT molecular complexity index is 1330. The fraction of sp³-hybridized carbons (Fsp3) is 0.344.